The molecule has 206 valence electrons. The van der Waals surface area contributed by atoms with Crippen molar-refractivity contribution < 1.29 is 24.4 Å². The van der Waals surface area contributed by atoms with E-state index in [-0.39, 0.29) is 5.82 Å². The number of thiol groups is 1. The van der Waals surface area contributed by atoms with Crippen LogP contribution >= 0.6 is 12.6 Å². The monoisotopic (exact) mass is 556 g/mol. The molecule has 4 aromatic rings. The molecule has 5 rings (SSSR count). The van der Waals surface area contributed by atoms with Crippen LogP contribution < -0.4 is 10.6 Å². The lowest BCUT2D eigenvalue weighted by Crippen LogP contribution is -2.53. The molecule has 1 fully saturated rings. The van der Waals surface area contributed by atoms with Gasteiger partial charge in [0.15, 0.2) is 5.82 Å². The van der Waals surface area contributed by atoms with Crippen LogP contribution in [0.1, 0.15) is 24.9 Å². The Morgan fingerprint density at radius 3 is 2.62 bits per heavy atom. The van der Waals surface area contributed by atoms with Gasteiger partial charge in [-0.25, -0.2) is 18.7 Å². The molecule has 14 heteroatoms. The molecule has 0 bridgehead atoms. The van der Waals surface area contributed by atoms with Crippen LogP contribution in [0.2, 0.25) is 0 Å². The summed E-state index contributed by atoms with van der Waals surface area (Å²) in [7, 11) is 1.78. The Morgan fingerprint density at radius 2 is 1.92 bits per heavy atom. The Hall–Kier alpha value is -3.56. The fourth-order valence-electron chi connectivity index (χ4n) is 4.70. The number of nitrogens with one attached hydrogen (secondary N) is 2. The second-order valence-corrected chi connectivity index (χ2v) is 9.52. The molecule has 0 aliphatic carbocycles. The summed E-state index contributed by atoms with van der Waals surface area (Å²) in [5.74, 6) is -0.189. The first-order valence-corrected chi connectivity index (χ1v) is 12.8. The van der Waals surface area contributed by atoms with E-state index in [9.17, 15) is 19.7 Å². The molecule has 39 heavy (non-hydrogen) atoms. The second-order valence-electron chi connectivity index (χ2n) is 9.04. The zero-order valence-corrected chi connectivity index (χ0v) is 22.1. The van der Waals surface area contributed by atoms with Crippen molar-refractivity contribution in [1.29, 1.82) is 0 Å². The number of aromatic nitrogens is 6. The number of rotatable bonds is 8. The molecule has 1 saturated heterocycles. The van der Waals surface area contributed by atoms with Crippen molar-refractivity contribution in [2.45, 2.75) is 42.3 Å². The van der Waals surface area contributed by atoms with E-state index in [1.165, 1.54) is 28.0 Å². The molecule has 2 aromatic heterocycles. The molecular formula is C25H29FN8O4S. The van der Waals surface area contributed by atoms with Crippen LogP contribution in [0.3, 0.4) is 0 Å². The van der Waals surface area contributed by atoms with E-state index in [1.54, 1.807) is 31.3 Å². The summed E-state index contributed by atoms with van der Waals surface area (Å²) in [4.78, 5) is 4.99. The third kappa shape index (κ3) is 5.08. The SMILES string of the molecule is CCNc1ccc(-c2cn([C@H]3[C@@H](O)[C@@H](CO)O[C@@H](c4ncnn4-c4ccc(NC)c(S)c4)[C@@H]3O)nn2)cc1F. The topological polar surface area (TPSA) is 155 Å². The smallest absolute Gasteiger partial charge is 0.163 e. The zero-order valence-electron chi connectivity index (χ0n) is 21.2. The minimum Gasteiger partial charge on any atom is -0.394 e. The van der Waals surface area contributed by atoms with Crippen LogP contribution in [0, 0.1) is 5.82 Å². The number of nitrogens with zero attached hydrogens (tertiary/aromatic N) is 6. The summed E-state index contributed by atoms with van der Waals surface area (Å²) in [6.45, 7) is 1.92. The molecule has 0 spiro atoms. The van der Waals surface area contributed by atoms with Gasteiger partial charge in [-0.2, -0.15) is 5.10 Å². The Labute approximate surface area is 228 Å². The van der Waals surface area contributed by atoms with Crippen molar-refractivity contribution in [3.05, 3.63) is 60.6 Å². The van der Waals surface area contributed by atoms with Gasteiger partial charge in [-0.15, -0.1) is 17.7 Å². The molecule has 5 N–H and O–H groups in total. The first-order chi connectivity index (χ1) is 18.9. The third-order valence-corrected chi connectivity index (χ3v) is 7.03. The maximum Gasteiger partial charge on any atom is 0.163 e. The minimum atomic E-state index is -1.36. The predicted octanol–water partition coefficient (Wildman–Crippen LogP) is 1.82. The van der Waals surface area contributed by atoms with Gasteiger partial charge in [0, 0.05) is 29.7 Å². The van der Waals surface area contributed by atoms with Gasteiger partial charge in [-0.3, -0.25) is 0 Å². The molecular weight excluding hydrogens is 527 g/mol. The maximum atomic E-state index is 14.5. The number of aliphatic hydroxyl groups excluding tert-OH is 3. The minimum absolute atomic E-state index is 0.254. The molecule has 0 unspecified atom stereocenters. The largest absolute Gasteiger partial charge is 0.394 e. The van der Waals surface area contributed by atoms with E-state index in [0.29, 0.717) is 34.1 Å². The van der Waals surface area contributed by atoms with E-state index in [2.05, 4.69) is 43.7 Å². The maximum absolute atomic E-state index is 14.5. The molecule has 0 saturated carbocycles. The average molecular weight is 557 g/mol. The molecule has 0 radical (unpaired) electrons. The van der Waals surface area contributed by atoms with Crippen molar-refractivity contribution in [1.82, 2.24) is 29.8 Å². The van der Waals surface area contributed by atoms with Gasteiger partial charge in [0.25, 0.3) is 0 Å². The first kappa shape index (κ1) is 27.0. The van der Waals surface area contributed by atoms with Crippen molar-refractivity contribution in [2.24, 2.45) is 0 Å². The fourth-order valence-corrected chi connectivity index (χ4v) is 5.02. The van der Waals surface area contributed by atoms with Crippen molar-refractivity contribution in [2.75, 3.05) is 30.8 Å². The van der Waals surface area contributed by atoms with Crippen LogP contribution in [0.15, 0.2) is 53.8 Å². The summed E-state index contributed by atoms with van der Waals surface area (Å²) in [5, 5.41) is 50.9. The number of aliphatic hydroxyl groups is 3. The number of ether oxygens (including phenoxy) is 1. The number of hydrogen-bond donors (Lipinski definition) is 6. The molecule has 3 heterocycles. The Morgan fingerprint density at radius 1 is 1.13 bits per heavy atom. The van der Waals surface area contributed by atoms with Crippen molar-refractivity contribution in [3.8, 4) is 16.9 Å². The Kier molecular flexibility index (Phi) is 7.81. The van der Waals surface area contributed by atoms with Gasteiger partial charge in [-0.1, -0.05) is 11.3 Å². The molecule has 2 aromatic carbocycles. The fraction of sp³-hybridized carbons (Fsp3) is 0.360. The van der Waals surface area contributed by atoms with Crippen LogP contribution in [0.5, 0.6) is 0 Å². The summed E-state index contributed by atoms with van der Waals surface area (Å²) < 4.78 is 23.2. The predicted molar refractivity (Wildman–Crippen MR) is 143 cm³/mol. The highest BCUT2D eigenvalue weighted by Gasteiger charge is 2.48. The number of hydrogen-bond acceptors (Lipinski definition) is 11. The number of benzene rings is 2. The van der Waals surface area contributed by atoms with Crippen molar-refractivity contribution >= 4 is 24.0 Å². The van der Waals surface area contributed by atoms with Crippen molar-refractivity contribution in [3.63, 3.8) is 0 Å². The van der Waals surface area contributed by atoms with E-state index >= 15 is 0 Å². The third-order valence-electron chi connectivity index (χ3n) is 6.66. The summed E-state index contributed by atoms with van der Waals surface area (Å²) in [5.41, 5.74) is 2.62. The summed E-state index contributed by atoms with van der Waals surface area (Å²) in [6.07, 6.45) is -2.02. The number of anilines is 2. The van der Waals surface area contributed by atoms with Gasteiger partial charge in [0.2, 0.25) is 0 Å². The Bertz CT molecular complexity index is 1450. The lowest BCUT2D eigenvalue weighted by molar-refractivity contribution is -0.210. The van der Waals surface area contributed by atoms with E-state index < -0.39 is 42.9 Å². The molecule has 1 aliphatic rings. The van der Waals surface area contributed by atoms with Gasteiger partial charge in [-0.05, 0) is 37.3 Å². The van der Waals surface area contributed by atoms with E-state index in [0.717, 1.165) is 5.69 Å². The lowest BCUT2D eigenvalue weighted by atomic mass is 9.92. The average Bonchev–Trinajstić information content (AvgIpc) is 3.61. The highest BCUT2D eigenvalue weighted by Crippen LogP contribution is 2.38. The lowest BCUT2D eigenvalue weighted by Gasteiger charge is -2.41. The molecule has 1 aliphatic heterocycles. The highest BCUT2D eigenvalue weighted by molar-refractivity contribution is 7.80. The van der Waals surface area contributed by atoms with Gasteiger partial charge in [0.05, 0.1) is 24.2 Å². The molecule has 12 nitrogen and oxygen atoms in total. The van der Waals surface area contributed by atoms with E-state index in [1.807, 2.05) is 13.0 Å². The van der Waals surface area contributed by atoms with Gasteiger partial charge in [0.1, 0.15) is 48.3 Å². The summed E-state index contributed by atoms with van der Waals surface area (Å²) >= 11 is 4.50. The van der Waals surface area contributed by atoms with Crippen LogP contribution in [-0.4, -0.2) is 83.6 Å². The Balaban J connectivity index is 1.48. The van der Waals surface area contributed by atoms with Crippen LogP contribution in [0.25, 0.3) is 16.9 Å². The van der Waals surface area contributed by atoms with Gasteiger partial charge >= 0.3 is 0 Å². The highest BCUT2D eigenvalue weighted by atomic mass is 32.1. The van der Waals surface area contributed by atoms with Gasteiger partial charge < -0.3 is 30.7 Å². The molecule has 5 atom stereocenters. The van der Waals surface area contributed by atoms with Crippen LogP contribution in [0.4, 0.5) is 15.8 Å². The standard InChI is InChI=1S/C25H29FN8O4S/c1-3-28-16-6-4-13(8-15(16)26)18-10-33(32-31-18)21-22(36)19(11-35)38-24(23(21)37)25-29-12-30-34(25)14-5-7-17(27-2)20(39)9-14/h4-10,12,19,21-24,27-28,35-37,39H,3,11H2,1-2H3/t19-,21+,22+,23-,24-/m1/s1. The second kappa shape index (κ2) is 11.3. The van der Waals surface area contributed by atoms with Crippen LogP contribution in [-0.2, 0) is 4.74 Å². The number of halogens is 1. The van der Waals surface area contributed by atoms with E-state index in [4.69, 9.17) is 4.74 Å². The molecule has 0 amide bonds. The normalized spacial score (nSPS) is 23.1. The summed E-state index contributed by atoms with van der Waals surface area (Å²) in [6, 6.07) is 8.99. The zero-order chi connectivity index (χ0) is 27.7. The quantitative estimate of drug-likeness (QED) is 0.177. The first-order valence-electron chi connectivity index (χ1n) is 12.3.